The molecule has 0 aliphatic heterocycles. The average molecular weight is 386 g/mol. The van der Waals surface area contributed by atoms with E-state index in [0.717, 1.165) is 17.2 Å². The predicted molar refractivity (Wildman–Crippen MR) is 112 cm³/mol. The molecular formula is C22H30N2O4. The zero-order chi connectivity index (χ0) is 20.2. The molecule has 0 bridgehead atoms. The van der Waals surface area contributed by atoms with Gasteiger partial charge in [-0.25, -0.2) is 0 Å². The third kappa shape index (κ3) is 7.88. The summed E-state index contributed by atoms with van der Waals surface area (Å²) >= 11 is 0. The van der Waals surface area contributed by atoms with Crippen LogP contribution in [0.1, 0.15) is 20.8 Å². The lowest BCUT2D eigenvalue weighted by Gasteiger charge is -2.14. The second-order valence-corrected chi connectivity index (χ2v) is 6.67. The van der Waals surface area contributed by atoms with Crippen LogP contribution in [0.5, 0.6) is 11.5 Å². The number of ether oxygens (including phenoxy) is 3. The zero-order valence-electron chi connectivity index (χ0n) is 16.9. The van der Waals surface area contributed by atoms with E-state index in [1.807, 2.05) is 55.5 Å². The lowest BCUT2D eigenvalue weighted by molar-refractivity contribution is -0.114. The Morgan fingerprint density at radius 2 is 1.75 bits per heavy atom. The van der Waals surface area contributed by atoms with E-state index in [-0.39, 0.29) is 12.5 Å². The van der Waals surface area contributed by atoms with Crippen molar-refractivity contribution in [2.75, 3.05) is 43.6 Å². The number of benzene rings is 2. The predicted octanol–water partition coefficient (Wildman–Crippen LogP) is 4.19. The summed E-state index contributed by atoms with van der Waals surface area (Å²) in [6.45, 7) is 8.65. The van der Waals surface area contributed by atoms with Crippen LogP contribution in [0.2, 0.25) is 0 Å². The van der Waals surface area contributed by atoms with E-state index in [1.165, 1.54) is 0 Å². The van der Waals surface area contributed by atoms with Gasteiger partial charge in [-0.1, -0.05) is 26.0 Å². The quantitative estimate of drug-likeness (QED) is 0.536. The van der Waals surface area contributed by atoms with Crippen molar-refractivity contribution in [2.24, 2.45) is 5.92 Å². The Hall–Kier alpha value is -2.73. The van der Waals surface area contributed by atoms with Gasteiger partial charge in [-0.3, -0.25) is 4.79 Å². The van der Waals surface area contributed by atoms with Crippen molar-refractivity contribution < 1.29 is 19.0 Å². The standard InChI is InChI=1S/C22H30N2O4/c1-4-26-13-14-27-19-11-9-18(10-12-19)24-22(25)15-23-20-7-5-6-8-21(20)28-16-17(2)3/h5-12,17,23H,4,13-16H2,1-3H3,(H,24,25). The third-order valence-corrected chi connectivity index (χ3v) is 3.74. The molecular weight excluding hydrogens is 356 g/mol. The number of hydrogen-bond donors (Lipinski definition) is 2. The van der Waals surface area contributed by atoms with Crippen molar-refractivity contribution in [1.82, 2.24) is 0 Å². The highest BCUT2D eigenvalue weighted by atomic mass is 16.5. The maximum Gasteiger partial charge on any atom is 0.243 e. The minimum Gasteiger partial charge on any atom is -0.491 e. The molecule has 0 saturated carbocycles. The second kappa shape index (κ2) is 11.9. The molecule has 2 aromatic carbocycles. The largest absolute Gasteiger partial charge is 0.491 e. The number of para-hydroxylation sites is 2. The first kappa shape index (κ1) is 21.6. The summed E-state index contributed by atoms with van der Waals surface area (Å²) in [6.07, 6.45) is 0. The summed E-state index contributed by atoms with van der Waals surface area (Å²) in [4.78, 5) is 12.2. The van der Waals surface area contributed by atoms with E-state index in [0.29, 0.717) is 38.0 Å². The maximum atomic E-state index is 12.2. The number of carbonyl (C=O) groups excluding carboxylic acids is 1. The Labute approximate surface area is 167 Å². The average Bonchev–Trinajstić information content (AvgIpc) is 2.70. The Balaban J connectivity index is 1.79. The van der Waals surface area contributed by atoms with E-state index in [1.54, 1.807) is 0 Å². The molecule has 6 nitrogen and oxygen atoms in total. The van der Waals surface area contributed by atoms with Crippen LogP contribution in [-0.4, -0.2) is 38.9 Å². The van der Waals surface area contributed by atoms with Crippen LogP contribution in [0.4, 0.5) is 11.4 Å². The molecule has 0 fully saturated rings. The fraction of sp³-hybridized carbons (Fsp3) is 0.409. The molecule has 0 atom stereocenters. The molecule has 0 saturated heterocycles. The summed E-state index contributed by atoms with van der Waals surface area (Å²) in [6, 6.07) is 14.9. The summed E-state index contributed by atoms with van der Waals surface area (Å²) in [5.41, 5.74) is 1.52. The Morgan fingerprint density at radius 3 is 2.46 bits per heavy atom. The molecule has 28 heavy (non-hydrogen) atoms. The van der Waals surface area contributed by atoms with Gasteiger partial charge in [0, 0.05) is 12.3 Å². The normalized spacial score (nSPS) is 10.6. The fourth-order valence-electron chi connectivity index (χ4n) is 2.37. The van der Waals surface area contributed by atoms with Gasteiger partial charge in [0.1, 0.15) is 18.1 Å². The lowest BCUT2D eigenvalue weighted by Crippen LogP contribution is -2.22. The number of anilines is 2. The van der Waals surface area contributed by atoms with Crippen LogP contribution in [-0.2, 0) is 9.53 Å². The minimum atomic E-state index is -0.135. The highest BCUT2D eigenvalue weighted by Crippen LogP contribution is 2.24. The molecule has 0 spiro atoms. The molecule has 1 amide bonds. The van der Waals surface area contributed by atoms with E-state index >= 15 is 0 Å². The van der Waals surface area contributed by atoms with Crippen LogP contribution < -0.4 is 20.1 Å². The van der Waals surface area contributed by atoms with E-state index in [2.05, 4.69) is 24.5 Å². The highest BCUT2D eigenvalue weighted by Gasteiger charge is 2.07. The van der Waals surface area contributed by atoms with Crippen molar-refractivity contribution in [3.05, 3.63) is 48.5 Å². The topological polar surface area (TPSA) is 68.8 Å². The molecule has 2 N–H and O–H groups in total. The molecule has 0 aliphatic carbocycles. The highest BCUT2D eigenvalue weighted by molar-refractivity contribution is 5.94. The molecule has 152 valence electrons. The van der Waals surface area contributed by atoms with Gasteiger partial charge in [-0.05, 0) is 49.2 Å². The van der Waals surface area contributed by atoms with Gasteiger partial charge in [0.05, 0.1) is 25.4 Å². The minimum absolute atomic E-state index is 0.135. The summed E-state index contributed by atoms with van der Waals surface area (Å²) in [5, 5.41) is 6.00. The molecule has 0 heterocycles. The van der Waals surface area contributed by atoms with E-state index in [9.17, 15) is 4.79 Å². The monoisotopic (exact) mass is 386 g/mol. The maximum absolute atomic E-state index is 12.2. The Morgan fingerprint density at radius 1 is 1.00 bits per heavy atom. The van der Waals surface area contributed by atoms with Gasteiger partial charge >= 0.3 is 0 Å². The number of amides is 1. The van der Waals surface area contributed by atoms with Crippen molar-refractivity contribution in [1.29, 1.82) is 0 Å². The first-order valence-electron chi connectivity index (χ1n) is 9.64. The second-order valence-electron chi connectivity index (χ2n) is 6.67. The molecule has 0 unspecified atom stereocenters. The van der Waals surface area contributed by atoms with E-state index < -0.39 is 0 Å². The van der Waals surface area contributed by atoms with Crippen LogP contribution in [0.3, 0.4) is 0 Å². The summed E-state index contributed by atoms with van der Waals surface area (Å²) in [5.74, 6) is 1.79. The Bertz CT molecular complexity index is 717. The smallest absolute Gasteiger partial charge is 0.243 e. The first-order valence-corrected chi connectivity index (χ1v) is 9.64. The Kier molecular flexibility index (Phi) is 9.15. The number of rotatable bonds is 12. The molecule has 2 aromatic rings. The van der Waals surface area contributed by atoms with Gasteiger partial charge in [0.25, 0.3) is 0 Å². The van der Waals surface area contributed by atoms with Crippen LogP contribution in [0.25, 0.3) is 0 Å². The van der Waals surface area contributed by atoms with Gasteiger partial charge < -0.3 is 24.8 Å². The van der Waals surface area contributed by atoms with Crippen LogP contribution in [0, 0.1) is 5.92 Å². The third-order valence-electron chi connectivity index (χ3n) is 3.74. The fourth-order valence-corrected chi connectivity index (χ4v) is 2.37. The first-order chi connectivity index (χ1) is 13.6. The zero-order valence-corrected chi connectivity index (χ0v) is 16.9. The van der Waals surface area contributed by atoms with Crippen molar-refractivity contribution >= 4 is 17.3 Å². The number of carbonyl (C=O) groups is 1. The van der Waals surface area contributed by atoms with Gasteiger partial charge in [0.2, 0.25) is 5.91 Å². The van der Waals surface area contributed by atoms with Crippen molar-refractivity contribution in [3.63, 3.8) is 0 Å². The number of hydrogen-bond acceptors (Lipinski definition) is 5. The van der Waals surface area contributed by atoms with Gasteiger partial charge in [0.15, 0.2) is 0 Å². The van der Waals surface area contributed by atoms with Gasteiger partial charge in [-0.2, -0.15) is 0 Å². The van der Waals surface area contributed by atoms with Crippen LogP contribution in [0.15, 0.2) is 48.5 Å². The lowest BCUT2D eigenvalue weighted by atomic mass is 10.2. The van der Waals surface area contributed by atoms with Crippen molar-refractivity contribution in [2.45, 2.75) is 20.8 Å². The van der Waals surface area contributed by atoms with Gasteiger partial charge in [-0.15, -0.1) is 0 Å². The summed E-state index contributed by atoms with van der Waals surface area (Å²) < 4.78 is 16.6. The SMILES string of the molecule is CCOCCOc1ccc(NC(=O)CNc2ccccc2OCC(C)C)cc1. The molecule has 0 radical (unpaired) electrons. The molecule has 2 rings (SSSR count). The molecule has 6 heteroatoms. The molecule has 0 aliphatic rings. The number of nitrogens with one attached hydrogen (secondary N) is 2. The van der Waals surface area contributed by atoms with Crippen molar-refractivity contribution in [3.8, 4) is 11.5 Å². The molecule has 0 aromatic heterocycles. The van der Waals surface area contributed by atoms with E-state index in [4.69, 9.17) is 14.2 Å². The van der Waals surface area contributed by atoms with Crippen LogP contribution >= 0.6 is 0 Å². The summed E-state index contributed by atoms with van der Waals surface area (Å²) in [7, 11) is 0.